The Labute approximate surface area is 150 Å². The van der Waals surface area contributed by atoms with Crippen LogP contribution >= 0.6 is 0 Å². The Bertz CT molecular complexity index is 999. The van der Waals surface area contributed by atoms with Crippen LogP contribution in [0.2, 0.25) is 0 Å². The highest BCUT2D eigenvalue weighted by Crippen LogP contribution is 2.16. The largest absolute Gasteiger partial charge is 0.351 e. The van der Waals surface area contributed by atoms with Gasteiger partial charge in [0.15, 0.2) is 5.69 Å². The zero-order chi connectivity index (χ0) is 18.5. The van der Waals surface area contributed by atoms with Gasteiger partial charge >= 0.3 is 0 Å². The Morgan fingerprint density at radius 1 is 1.15 bits per heavy atom. The zero-order valence-corrected chi connectivity index (χ0v) is 14.2. The van der Waals surface area contributed by atoms with E-state index in [0.717, 1.165) is 6.42 Å². The minimum atomic E-state index is -0.439. The molecule has 0 radical (unpaired) electrons. The molecular formula is C19H17N5O2. The van der Waals surface area contributed by atoms with E-state index in [-0.39, 0.29) is 17.4 Å². The average molecular weight is 347 g/mol. The third-order valence-electron chi connectivity index (χ3n) is 3.77. The number of anilines is 1. The molecule has 7 nitrogen and oxygen atoms in total. The molecular weight excluding hydrogens is 330 g/mol. The Morgan fingerprint density at radius 2 is 1.92 bits per heavy atom. The number of carbonyl (C=O) groups excluding carboxylic acids is 2. The molecule has 3 rings (SSSR count). The van der Waals surface area contributed by atoms with Crippen LogP contribution in [0.4, 0.5) is 5.69 Å². The van der Waals surface area contributed by atoms with Gasteiger partial charge in [0.1, 0.15) is 0 Å². The van der Waals surface area contributed by atoms with Gasteiger partial charge in [-0.3, -0.25) is 14.0 Å². The first-order valence-corrected chi connectivity index (χ1v) is 8.21. The number of hydrogen-bond donors (Lipinski definition) is 2. The summed E-state index contributed by atoms with van der Waals surface area (Å²) in [7, 11) is 0. The van der Waals surface area contributed by atoms with Crippen molar-refractivity contribution in [1.29, 1.82) is 5.26 Å². The number of nitrogens with zero attached hydrogens (tertiary/aromatic N) is 3. The lowest BCUT2D eigenvalue weighted by molar-refractivity contribution is 0.0951. The average Bonchev–Trinajstić information content (AvgIpc) is 3.06. The molecule has 0 aliphatic rings. The summed E-state index contributed by atoms with van der Waals surface area (Å²) < 4.78 is 1.58. The maximum absolute atomic E-state index is 12.6. The summed E-state index contributed by atoms with van der Waals surface area (Å²) in [6.45, 7) is 2.50. The Balaban J connectivity index is 1.92. The van der Waals surface area contributed by atoms with E-state index in [1.165, 1.54) is 0 Å². The number of aromatic nitrogens is 2. The smallest absolute Gasteiger partial charge is 0.292 e. The van der Waals surface area contributed by atoms with Crippen LogP contribution in [0.3, 0.4) is 0 Å². The molecule has 2 aromatic heterocycles. The fourth-order valence-corrected chi connectivity index (χ4v) is 2.50. The first-order chi connectivity index (χ1) is 12.6. The van der Waals surface area contributed by atoms with Gasteiger partial charge in [-0.1, -0.05) is 13.0 Å². The van der Waals surface area contributed by atoms with E-state index in [4.69, 9.17) is 5.26 Å². The van der Waals surface area contributed by atoms with Crippen molar-refractivity contribution in [1.82, 2.24) is 14.7 Å². The minimum Gasteiger partial charge on any atom is -0.351 e. The molecule has 0 aliphatic carbocycles. The van der Waals surface area contributed by atoms with E-state index >= 15 is 0 Å². The van der Waals surface area contributed by atoms with Gasteiger partial charge in [-0.05, 0) is 42.8 Å². The van der Waals surface area contributed by atoms with Crippen molar-refractivity contribution in [2.24, 2.45) is 0 Å². The summed E-state index contributed by atoms with van der Waals surface area (Å²) in [5, 5.41) is 14.3. The minimum absolute atomic E-state index is 0.117. The molecule has 7 heteroatoms. The number of imidazole rings is 1. The van der Waals surface area contributed by atoms with Gasteiger partial charge in [0.25, 0.3) is 11.8 Å². The summed E-state index contributed by atoms with van der Waals surface area (Å²) in [6, 6.07) is 13.8. The summed E-state index contributed by atoms with van der Waals surface area (Å²) in [5.41, 5.74) is 1.82. The number of nitriles is 1. The number of pyridine rings is 1. The van der Waals surface area contributed by atoms with Crippen molar-refractivity contribution >= 4 is 23.0 Å². The van der Waals surface area contributed by atoms with Crippen LogP contribution in [-0.2, 0) is 0 Å². The van der Waals surface area contributed by atoms with Crippen molar-refractivity contribution in [2.75, 3.05) is 11.9 Å². The first kappa shape index (κ1) is 17.2. The number of fused-ring (bicyclic) bond motifs is 1. The zero-order valence-electron chi connectivity index (χ0n) is 14.2. The van der Waals surface area contributed by atoms with E-state index in [0.29, 0.717) is 23.3 Å². The molecule has 0 saturated heterocycles. The van der Waals surface area contributed by atoms with E-state index in [2.05, 4.69) is 15.6 Å². The van der Waals surface area contributed by atoms with Crippen LogP contribution in [0.5, 0.6) is 0 Å². The first-order valence-electron chi connectivity index (χ1n) is 8.21. The highest BCUT2D eigenvalue weighted by atomic mass is 16.2. The van der Waals surface area contributed by atoms with E-state index in [9.17, 15) is 9.59 Å². The van der Waals surface area contributed by atoms with Gasteiger partial charge in [-0.2, -0.15) is 5.26 Å². The second kappa shape index (κ2) is 7.49. The van der Waals surface area contributed by atoms with Crippen molar-refractivity contribution < 1.29 is 9.59 Å². The van der Waals surface area contributed by atoms with Crippen LogP contribution in [0.25, 0.3) is 5.52 Å². The molecule has 0 spiro atoms. The van der Waals surface area contributed by atoms with E-state index < -0.39 is 5.91 Å². The van der Waals surface area contributed by atoms with Gasteiger partial charge in [0.2, 0.25) is 5.82 Å². The molecule has 0 unspecified atom stereocenters. The van der Waals surface area contributed by atoms with Crippen molar-refractivity contribution in [3.05, 3.63) is 65.7 Å². The monoisotopic (exact) mass is 347 g/mol. The molecule has 26 heavy (non-hydrogen) atoms. The summed E-state index contributed by atoms with van der Waals surface area (Å²) >= 11 is 0. The third kappa shape index (κ3) is 3.39. The molecule has 0 bridgehead atoms. The fourth-order valence-electron chi connectivity index (χ4n) is 2.50. The Kier molecular flexibility index (Phi) is 4.94. The number of nitrogens with one attached hydrogen (secondary N) is 2. The van der Waals surface area contributed by atoms with Gasteiger partial charge in [0.05, 0.1) is 17.1 Å². The van der Waals surface area contributed by atoms with Crippen molar-refractivity contribution in [2.45, 2.75) is 13.3 Å². The molecule has 2 amide bonds. The molecule has 0 saturated carbocycles. The number of carbonyl (C=O) groups is 2. The molecule has 0 fully saturated rings. The molecule has 0 atom stereocenters. The molecule has 2 heterocycles. The quantitative estimate of drug-likeness (QED) is 0.741. The van der Waals surface area contributed by atoms with E-state index in [1.54, 1.807) is 53.1 Å². The van der Waals surface area contributed by atoms with Crippen molar-refractivity contribution in [3.8, 4) is 6.07 Å². The summed E-state index contributed by atoms with van der Waals surface area (Å²) in [6.07, 6.45) is 2.50. The molecule has 0 aliphatic heterocycles. The normalized spacial score (nSPS) is 10.3. The summed E-state index contributed by atoms with van der Waals surface area (Å²) in [4.78, 5) is 29.2. The molecule has 3 aromatic rings. The topological polar surface area (TPSA) is 99.3 Å². The lowest BCUT2D eigenvalue weighted by Crippen LogP contribution is -2.24. The number of hydrogen-bond acceptors (Lipinski definition) is 4. The fraction of sp³-hybridized carbons (Fsp3) is 0.158. The lowest BCUT2D eigenvalue weighted by atomic mass is 10.2. The van der Waals surface area contributed by atoms with Crippen LogP contribution in [-0.4, -0.2) is 27.7 Å². The highest BCUT2D eigenvalue weighted by Gasteiger charge is 2.21. The van der Waals surface area contributed by atoms with Gasteiger partial charge in [-0.15, -0.1) is 0 Å². The van der Waals surface area contributed by atoms with Crippen LogP contribution in [0.1, 0.15) is 40.0 Å². The second-order valence-corrected chi connectivity index (χ2v) is 5.64. The maximum Gasteiger partial charge on any atom is 0.292 e. The van der Waals surface area contributed by atoms with Crippen LogP contribution in [0, 0.1) is 11.3 Å². The predicted molar refractivity (Wildman–Crippen MR) is 96.9 cm³/mol. The maximum atomic E-state index is 12.6. The van der Waals surface area contributed by atoms with Gasteiger partial charge < -0.3 is 10.6 Å². The van der Waals surface area contributed by atoms with E-state index in [1.807, 2.05) is 13.0 Å². The van der Waals surface area contributed by atoms with Crippen LogP contribution < -0.4 is 10.6 Å². The molecule has 130 valence electrons. The lowest BCUT2D eigenvalue weighted by Gasteiger charge is -2.04. The summed E-state index contributed by atoms with van der Waals surface area (Å²) in [5.74, 6) is -0.634. The number of rotatable bonds is 5. The molecule has 2 N–H and O–H groups in total. The van der Waals surface area contributed by atoms with Crippen LogP contribution in [0.15, 0.2) is 48.7 Å². The SMILES string of the molecule is CCCNC(=O)c1nc(C(=O)Nc2ccc(C#N)cc2)n2ccccc12. The second-order valence-electron chi connectivity index (χ2n) is 5.64. The number of amides is 2. The third-order valence-corrected chi connectivity index (χ3v) is 3.77. The Morgan fingerprint density at radius 3 is 2.62 bits per heavy atom. The highest BCUT2D eigenvalue weighted by molar-refractivity contribution is 6.06. The predicted octanol–water partition coefficient (Wildman–Crippen LogP) is 2.60. The Hall–Kier alpha value is -3.66. The number of benzene rings is 1. The van der Waals surface area contributed by atoms with Crippen molar-refractivity contribution in [3.63, 3.8) is 0 Å². The van der Waals surface area contributed by atoms with Gasteiger partial charge in [-0.25, -0.2) is 4.98 Å². The standard InChI is InChI=1S/C19H17N5O2/c1-2-10-21-18(25)16-15-5-3-4-11-24(15)17(23-16)19(26)22-14-8-6-13(12-20)7-9-14/h3-9,11H,2,10H2,1H3,(H,21,25)(H,22,26). The molecule has 1 aromatic carbocycles. The van der Waals surface area contributed by atoms with Gasteiger partial charge in [0, 0.05) is 18.4 Å².